The molecule has 0 aliphatic carbocycles. The first-order valence-electron chi connectivity index (χ1n) is 12.8. The third-order valence-corrected chi connectivity index (χ3v) is 5.70. The molecule has 38 heavy (non-hydrogen) atoms. The molecule has 1 atom stereocenters. The molecule has 214 valence electrons. The predicted octanol–water partition coefficient (Wildman–Crippen LogP) is 3.66. The van der Waals surface area contributed by atoms with Gasteiger partial charge in [-0.1, -0.05) is 21.3 Å². The second kappa shape index (κ2) is 16.4. The highest BCUT2D eigenvalue weighted by atomic mass is 16.6. The second-order valence-corrected chi connectivity index (χ2v) is 9.34. The van der Waals surface area contributed by atoms with E-state index in [0.717, 1.165) is 23.8 Å². The summed E-state index contributed by atoms with van der Waals surface area (Å²) in [5, 5.41) is 2.59. The Bertz CT molecular complexity index is 936. The predicted molar refractivity (Wildman–Crippen MR) is 149 cm³/mol. The quantitative estimate of drug-likeness (QED) is 0.554. The maximum Gasteiger partial charge on any atom is 0.410 e. The third kappa shape index (κ3) is 9.46. The van der Waals surface area contributed by atoms with E-state index in [4.69, 9.17) is 9.53 Å². The molecule has 1 fully saturated rings. The van der Waals surface area contributed by atoms with E-state index in [0.29, 0.717) is 44.7 Å². The molecule has 2 aliphatic heterocycles. The number of likely N-dealkylation sites (N-methyl/N-ethyl adjacent to an activating group) is 1. The number of amides is 3. The first-order chi connectivity index (χ1) is 17.6. The number of carbonyl (C=O) groups is 5. The number of nitrogens with zero attached hydrogens (tertiary/aromatic N) is 3. The lowest BCUT2D eigenvalue weighted by Crippen LogP contribution is -2.50. The van der Waals surface area contributed by atoms with Gasteiger partial charge < -0.3 is 34.3 Å². The van der Waals surface area contributed by atoms with Crippen LogP contribution in [0.4, 0.5) is 10.5 Å². The maximum absolute atomic E-state index is 12.9. The molecule has 0 bridgehead atoms. The summed E-state index contributed by atoms with van der Waals surface area (Å²) in [5.74, 6) is -0.465. The van der Waals surface area contributed by atoms with Crippen molar-refractivity contribution < 1.29 is 28.7 Å². The SMILES string of the molecule is C.CC.CC=O.CNC(=O)C(CCC=O)N1Cc2cc(N3CCN(C(=O)OC(C)(C)C)CC3)ccc2C1=O. The highest BCUT2D eigenvalue weighted by Gasteiger charge is 2.36. The second-order valence-electron chi connectivity index (χ2n) is 9.34. The number of aldehydes is 2. The fourth-order valence-corrected chi connectivity index (χ4v) is 4.07. The van der Waals surface area contributed by atoms with Crippen molar-refractivity contribution in [2.45, 2.75) is 80.0 Å². The number of rotatable bonds is 6. The molecule has 1 N–H and O–H groups in total. The van der Waals surface area contributed by atoms with Gasteiger partial charge in [-0.3, -0.25) is 9.59 Å². The van der Waals surface area contributed by atoms with Crippen molar-refractivity contribution in [3.05, 3.63) is 29.3 Å². The molecule has 3 rings (SSSR count). The maximum atomic E-state index is 12.9. The van der Waals surface area contributed by atoms with E-state index in [2.05, 4.69) is 10.2 Å². The largest absolute Gasteiger partial charge is 0.444 e. The Kier molecular flexibility index (Phi) is 14.9. The zero-order valence-corrected chi connectivity index (χ0v) is 23.2. The smallest absolute Gasteiger partial charge is 0.410 e. The molecule has 1 unspecified atom stereocenters. The average molecular weight is 535 g/mol. The number of piperazine rings is 1. The number of hydrogen-bond donors (Lipinski definition) is 1. The number of fused-ring (bicyclic) bond motifs is 1. The number of anilines is 1. The first-order valence-corrected chi connectivity index (χ1v) is 12.8. The summed E-state index contributed by atoms with van der Waals surface area (Å²) < 4.78 is 5.45. The van der Waals surface area contributed by atoms with Crippen LogP contribution in [0.2, 0.25) is 0 Å². The van der Waals surface area contributed by atoms with E-state index >= 15 is 0 Å². The molecule has 10 nitrogen and oxygen atoms in total. The van der Waals surface area contributed by atoms with Crippen LogP contribution in [0.1, 0.15) is 77.7 Å². The number of carbonyl (C=O) groups excluding carboxylic acids is 5. The molecule has 1 aromatic carbocycles. The number of ether oxygens (including phenoxy) is 1. The summed E-state index contributed by atoms with van der Waals surface area (Å²) in [6.07, 6.45) is 1.72. The molecule has 1 aromatic rings. The van der Waals surface area contributed by atoms with Crippen LogP contribution in [0.5, 0.6) is 0 Å². The highest BCUT2D eigenvalue weighted by Crippen LogP contribution is 2.30. The van der Waals surface area contributed by atoms with Crippen LogP contribution in [0, 0.1) is 0 Å². The van der Waals surface area contributed by atoms with E-state index < -0.39 is 11.6 Å². The molecule has 0 saturated carbocycles. The van der Waals surface area contributed by atoms with Crippen molar-refractivity contribution in [3.63, 3.8) is 0 Å². The van der Waals surface area contributed by atoms with Crippen LogP contribution in [-0.4, -0.2) is 85.1 Å². The lowest BCUT2D eigenvalue weighted by Gasteiger charge is -2.36. The van der Waals surface area contributed by atoms with Crippen molar-refractivity contribution in [2.24, 2.45) is 0 Å². The molecule has 10 heteroatoms. The van der Waals surface area contributed by atoms with Crippen LogP contribution in [0.3, 0.4) is 0 Å². The van der Waals surface area contributed by atoms with E-state index in [9.17, 15) is 19.2 Å². The van der Waals surface area contributed by atoms with Gasteiger partial charge in [-0.25, -0.2) is 4.79 Å². The van der Waals surface area contributed by atoms with Gasteiger partial charge in [-0.15, -0.1) is 0 Å². The minimum absolute atomic E-state index is 0. The summed E-state index contributed by atoms with van der Waals surface area (Å²) in [6.45, 7) is 13.8. The van der Waals surface area contributed by atoms with Crippen LogP contribution in [-0.2, 0) is 25.7 Å². The monoisotopic (exact) mass is 534 g/mol. The summed E-state index contributed by atoms with van der Waals surface area (Å²) in [6, 6.07) is 5.01. The zero-order chi connectivity index (χ0) is 28.2. The van der Waals surface area contributed by atoms with Crippen LogP contribution in [0.15, 0.2) is 18.2 Å². The molecule has 2 heterocycles. The van der Waals surface area contributed by atoms with Crippen molar-refractivity contribution in [1.29, 1.82) is 0 Å². The van der Waals surface area contributed by atoms with E-state index in [1.54, 1.807) is 11.0 Å². The number of nitrogens with one attached hydrogen (secondary N) is 1. The number of benzene rings is 1. The number of hydrogen-bond acceptors (Lipinski definition) is 7. The molecule has 0 aromatic heterocycles. The van der Waals surface area contributed by atoms with Gasteiger partial charge in [0.05, 0.1) is 0 Å². The Morgan fingerprint density at radius 2 is 1.68 bits per heavy atom. The summed E-state index contributed by atoms with van der Waals surface area (Å²) in [7, 11) is 1.53. The van der Waals surface area contributed by atoms with Crippen molar-refractivity contribution in [1.82, 2.24) is 15.1 Å². The van der Waals surface area contributed by atoms with Crippen molar-refractivity contribution >= 4 is 36.2 Å². The van der Waals surface area contributed by atoms with Gasteiger partial charge in [0, 0.05) is 57.4 Å². The Labute approximate surface area is 227 Å². The summed E-state index contributed by atoms with van der Waals surface area (Å²) >= 11 is 0. The zero-order valence-electron chi connectivity index (χ0n) is 23.2. The summed E-state index contributed by atoms with van der Waals surface area (Å²) in [5.41, 5.74) is 1.90. The van der Waals surface area contributed by atoms with E-state index in [1.807, 2.05) is 46.8 Å². The van der Waals surface area contributed by atoms with Gasteiger partial charge in [-0.2, -0.15) is 0 Å². The van der Waals surface area contributed by atoms with Gasteiger partial charge in [-0.05, 0) is 57.9 Å². The van der Waals surface area contributed by atoms with Crippen molar-refractivity contribution in [3.8, 4) is 0 Å². The van der Waals surface area contributed by atoms with Crippen molar-refractivity contribution in [2.75, 3.05) is 38.1 Å². The Morgan fingerprint density at radius 3 is 2.18 bits per heavy atom. The Hall–Kier alpha value is -3.43. The van der Waals surface area contributed by atoms with Gasteiger partial charge in [0.25, 0.3) is 5.91 Å². The fourth-order valence-electron chi connectivity index (χ4n) is 4.07. The van der Waals surface area contributed by atoms with Gasteiger partial charge in [0.1, 0.15) is 24.2 Å². The molecule has 1 saturated heterocycles. The van der Waals surface area contributed by atoms with Crippen LogP contribution in [0.25, 0.3) is 0 Å². The molecular formula is C28H46N4O6. The topological polar surface area (TPSA) is 116 Å². The van der Waals surface area contributed by atoms with Crippen LogP contribution < -0.4 is 10.2 Å². The molecule has 2 aliphatic rings. The standard InChI is InChI=1S/C23H32N4O5.C2H4O.C2H6.CH4/c1-23(2,3)32-22(31)26-11-9-25(10-12-26)17-7-8-18-16(14-17)15-27(21(18)30)19(6-5-13-28)20(29)24-4;1-2-3;1-2;/h7-8,13-14,19H,5-6,9-12,15H2,1-4H3,(H,24,29);2H,1H3;1-2H3;1H4. The Balaban J connectivity index is 0.00000213. The molecular weight excluding hydrogens is 488 g/mol. The third-order valence-electron chi connectivity index (χ3n) is 5.70. The highest BCUT2D eigenvalue weighted by molar-refractivity contribution is 6.01. The fraction of sp³-hybridized carbons (Fsp3) is 0.607. The van der Waals surface area contributed by atoms with Gasteiger partial charge in [0.15, 0.2) is 0 Å². The lowest BCUT2D eigenvalue weighted by atomic mass is 10.1. The molecule has 3 amide bonds. The van der Waals surface area contributed by atoms with E-state index in [-0.39, 0.29) is 31.8 Å². The minimum atomic E-state index is -0.675. The average Bonchev–Trinajstić information content (AvgIpc) is 3.20. The van der Waals surface area contributed by atoms with Gasteiger partial charge in [0.2, 0.25) is 5.91 Å². The lowest BCUT2D eigenvalue weighted by molar-refractivity contribution is -0.125. The minimum Gasteiger partial charge on any atom is -0.444 e. The van der Waals surface area contributed by atoms with E-state index in [1.165, 1.54) is 18.9 Å². The van der Waals surface area contributed by atoms with Crippen LogP contribution >= 0.6 is 0 Å². The Morgan fingerprint density at radius 1 is 1.11 bits per heavy atom. The summed E-state index contributed by atoms with van der Waals surface area (Å²) in [4.78, 5) is 62.6. The van der Waals surface area contributed by atoms with Gasteiger partial charge >= 0.3 is 6.09 Å². The first kappa shape index (κ1) is 34.6. The molecule has 0 radical (unpaired) electrons. The normalized spacial score (nSPS) is 14.9. The molecule has 0 spiro atoms.